The summed E-state index contributed by atoms with van der Waals surface area (Å²) in [5.74, 6) is -2.55. The van der Waals surface area contributed by atoms with E-state index in [4.69, 9.17) is 25.1 Å². The highest BCUT2D eigenvalue weighted by atomic mass is 35.5. The van der Waals surface area contributed by atoms with Gasteiger partial charge in [-0.05, 0) is 73.2 Å². The van der Waals surface area contributed by atoms with Crippen molar-refractivity contribution in [3.63, 3.8) is 0 Å². The molecule has 4 aromatic heterocycles. The maximum Gasteiger partial charge on any atom is 0.408 e. The molecule has 0 unspecified atom stereocenters. The standard InChI is InChI=1S/C22H23N3O5S.C12H16N2O4.C10H9NO2S.ClH/c1-13-10-23-16-9-18(31-19(16)14(13)2)20(26)24-11-17(21(27)29-3)25-22(28)30-12-15-7-5-4-6-8-15;1-17-11(15)10(7-13)14-12(16)18-8-9-5-3-2-4-6-9;1-5-4-11-7-3-8(10(12)13)14-9(7)6(5)2;/h4-10,17H,11-12H2,1-3H3,(H,24,26)(H,25,28);2-6,10H,7-8,13H2,1H3,(H,14,16);3-4H,1-2H3,(H,12,13);1H/t17-;10-;;/m11../s1. The van der Waals surface area contributed by atoms with E-state index in [-0.39, 0.29) is 44.6 Å². The number of hydrogen-bond acceptors (Lipinski definition) is 15. The van der Waals surface area contributed by atoms with Crippen molar-refractivity contribution >= 4 is 91.5 Å². The molecule has 17 nitrogen and oxygen atoms in total. The van der Waals surface area contributed by atoms with Gasteiger partial charge in [-0.15, -0.1) is 35.1 Å². The SMILES string of the molecule is COC(=O)[C@@H](CN)NC(=O)OCc1ccccc1.COC(=O)[C@@H](CNC(=O)c1cc2ncc(C)c(C)c2s1)NC(=O)OCc1ccccc1.Cc1cnc2cc(C(=O)O)sc2c1C.Cl. The second-order valence-corrected chi connectivity index (χ2v) is 15.7. The molecule has 64 heavy (non-hydrogen) atoms. The number of pyridine rings is 2. The molecule has 6 N–H and O–H groups in total. The monoisotopic (exact) mass is 936 g/mol. The topological polar surface area (TPSA) is 247 Å². The number of halogens is 1. The molecule has 0 spiro atoms. The molecule has 0 radical (unpaired) electrons. The van der Waals surface area contributed by atoms with Crippen molar-refractivity contribution < 1.29 is 52.8 Å². The number of methoxy groups -OCH3 is 2. The van der Waals surface area contributed by atoms with Crippen molar-refractivity contribution in [1.82, 2.24) is 25.9 Å². The number of aromatic carboxylic acids is 1. The van der Waals surface area contributed by atoms with Crippen LogP contribution >= 0.6 is 35.1 Å². The minimum absolute atomic E-state index is 0. The minimum Gasteiger partial charge on any atom is -0.477 e. The number of nitrogens with zero attached hydrogens (tertiary/aromatic N) is 2. The van der Waals surface area contributed by atoms with Crippen molar-refractivity contribution in [2.45, 2.75) is 53.0 Å². The Morgan fingerprint density at radius 1 is 0.672 bits per heavy atom. The number of carbonyl (C=O) groups excluding carboxylic acids is 5. The van der Waals surface area contributed by atoms with Gasteiger partial charge in [-0.1, -0.05) is 60.7 Å². The Balaban J connectivity index is 0.000000279. The van der Waals surface area contributed by atoms with Crippen LogP contribution in [-0.4, -0.2) is 90.5 Å². The van der Waals surface area contributed by atoms with E-state index in [1.54, 1.807) is 24.5 Å². The zero-order valence-electron chi connectivity index (χ0n) is 35.8. The summed E-state index contributed by atoms with van der Waals surface area (Å²) in [5.41, 5.74) is 12.8. The van der Waals surface area contributed by atoms with E-state index in [9.17, 15) is 28.8 Å². The minimum atomic E-state index is -1.09. The van der Waals surface area contributed by atoms with Crippen molar-refractivity contribution in [3.05, 3.63) is 128 Å². The molecule has 0 bridgehead atoms. The fraction of sp³-hybridized carbons (Fsp3) is 0.273. The third-order valence-corrected chi connectivity index (χ3v) is 11.7. The highest BCUT2D eigenvalue weighted by molar-refractivity contribution is 7.21. The Bertz CT molecular complexity index is 2540. The Kier molecular flexibility index (Phi) is 20.5. The average molecular weight is 937 g/mol. The summed E-state index contributed by atoms with van der Waals surface area (Å²) >= 11 is 2.61. The Hall–Kier alpha value is -6.67. The van der Waals surface area contributed by atoms with Crippen LogP contribution < -0.4 is 21.7 Å². The summed E-state index contributed by atoms with van der Waals surface area (Å²) in [6, 6.07) is 19.7. The fourth-order valence-electron chi connectivity index (χ4n) is 5.38. The number of ether oxygens (including phenoxy) is 4. The molecule has 4 heterocycles. The van der Waals surface area contributed by atoms with Crippen molar-refractivity contribution in [2.24, 2.45) is 5.73 Å². The van der Waals surface area contributed by atoms with Crippen molar-refractivity contribution in [3.8, 4) is 0 Å². The van der Waals surface area contributed by atoms with Crippen LogP contribution in [0.15, 0.2) is 85.2 Å². The Labute approximate surface area is 383 Å². The number of aromatic nitrogens is 2. The first-order chi connectivity index (χ1) is 30.1. The van der Waals surface area contributed by atoms with Crippen LogP contribution in [0, 0.1) is 27.7 Å². The number of nitrogens with two attached hydrogens (primary N) is 1. The number of hydrogen-bond donors (Lipinski definition) is 5. The van der Waals surface area contributed by atoms with Gasteiger partial charge in [0.1, 0.15) is 30.2 Å². The predicted octanol–water partition coefficient (Wildman–Crippen LogP) is 6.56. The van der Waals surface area contributed by atoms with Crippen LogP contribution in [0.25, 0.3) is 20.4 Å². The van der Waals surface area contributed by atoms with Gasteiger partial charge in [0.2, 0.25) is 0 Å². The van der Waals surface area contributed by atoms with Crippen LogP contribution in [0.1, 0.15) is 52.7 Å². The average Bonchev–Trinajstić information content (AvgIpc) is 3.95. The van der Waals surface area contributed by atoms with Crippen LogP contribution in [-0.2, 0) is 41.8 Å². The number of esters is 2. The summed E-state index contributed by atoms with van der Waals surface area (Å²) in [7, 11) is 2.43. The first kappa shape index (κ1) is 51.7. The highest BCUT2D eigenvalue weighted by Gasteiger charge is 2.24. The zero-order valence-corrected chi connectivity index (χ0v) is 38.2. The van der Waals surface area contributed by atoms with E-state index < -0.39 is 42.2 Å². The van der Waals surface area contributed by atoms with Gasteiger partial charge >= 0.3 is 30.1 Å². The summed E-state index contributed by atoms with van der Waals surface area (Å²) < 4.78 is 21.2. The lowest BCUT2D eigenvalue weighted by Gasteiger charge is -2.17. The smallest absolute Gasteiger partial charge is 0.408 e. The van der Waals surface area contributed by atoms with E-state index in [1.165, 1.54) is 36.9 Å². The third kappa shape index (κ3) is 15.0. The number of thiophene rings is 2. The van der Waals surface area contributed by atoms with Crippen LogP contribution in [0.3, 0.4) is 0 Å². The van der Waals surface area contributed by atoms with Crippen molar-refractivity contribution in [1.29, 1.82) is 0 Å². The normalized spacial score (nSPS) is 11.2. The van der Waals surface area contributed by atoms with Crippen LogP contribution in [0.2, 0.25) is 0 Å². The first-order valence-electron chi connectivity index (χ1n) is 19.2. The number of rotatable bonds is 13. The number of alkyl carbamates (subject to hydrolysis) is 2. The fourth-order valence-corrected chi connectivity index (χ4v) is 7.48. The molecular weight excluding hydrogens is 888 g/mol. The van der Waals surface area contributed by atoms with Gasteiger partial charge in [0.05, 0.1) is 39.5 Å². The van der Waals surface area contributed by atoms with Crippen molar-refractivity contribution in [2.75, 3.05) is 27.3 Å². The number of carboxylic acid groups (broad SMARTS) is 1. The van der Waals surface area contributed by atoms with Gasteiger partial charge in [-0.25, -0.2) is 24.0 Å². The molecule has 0 aliphatic heterocycles. The summed E-state index contributed by atoms with van der Waals surface area (Å²) in [6.45, 7) is 7.90. The maximum atomic E-state index is 12.6. The number of carboxylic acids is 1. The van der Waals surface area contributed by atoms with E-state index in [1.807, 2.05) is 88.4 Å². The quantitative estimate of drug-likeness (QED) is 0.0608. The molecule has 340 valence electrons. The molecular formula is C44H49ClN6O11S2. The number of amides is 3. The number of benzene rings is 2. The molecule has 0 aliphatic rings. The Morgan fingerprint density at radius 2 is 1.09 bits per heavy atom. The summed E-state index contributed by atoms with van der Waals surface area (Å²) in [6.07, 6.45) is 2.05. The van der Waals surface area contributed by atoms with E-state index in [2.05, 4.69) is 30.7 Å². The van der Waals surface area contributed by atoms with Gasteiger partial charge in [0, 0.05) is 25.5 Å². The van der Waals surface area contributed by atoms with Crippen LogP contribution in [0.4, 0.5) is 9.59 Å². The van der Waals surface area contributed by atoms with E-state index in [0.29, 0.717) is 9.75 Å². The molecule has 0 fully saturated rings. The van der Waals surface area contributed by atoms with Crippen LogP contribution in [0.5, 0.6) is 0 Å². The third-order valence-electron chi connectivity index (χ3n) is 9.20. The number of carbonyl (C=O) groups is 6. The van der Waals surface area contributed by atoms with Gasteiger partial charge in [0.15, 0.2) is 0 Å². The van der Waals surface area contributed by atoms with E-state index >= 15 is 0 Å². The van der Waals surface area contributed by atoms with Gasteiger partial charge in [0.25, 0.3) is 5.91 Å². The predicted molar refractivity (Wildman–Crippen MR) is 245 cm³/mol. The second kappa shape index (κ2) is 25.4. The van der Waals surface area contributed by atoms with E-state index in [0.717, 1.165) is 53.8 Å². The molecule has 20 heteroatoms. The molecule has 2 atom stereocenters. The lowest BCUT2D eigenvalue weighted by atomic mass is 10.2. The first-order valence-corrected chi connectivity index (χ1v) is 20.8. The summed E-state index contributed by atoms with van der Waals surface area (Å²) in [4.78, 5) is 79.4. The molecule has 0 saturated heterocycles. The van der Waals surface area contributed by atoms with Gasteiger partial charge < -0.3 is 45.7 Å². The number of aryl methyl sites for hydroxylation is 4. The molecule has 3 amide bonds. The van der Waals surface area contributed by atoms with Gasteiger partial charge in [-0.2, -0.15) is 0 Å². The highest BCUT2D eigenvalue weighted by Crippen LogP contribution is 2.29. The molecule has 6 rings (SSSR count). The lowest BCUT2D eigenvalue weighted by molar-refractivity contribution is -0.143. The lowest BCUT2D eigenvalue weighted by Crippen LogP contribution is -2.49. The molecule has 6 aromatic rings. The second-order valence-electron chi connectivity index (χ2n) is 13.6. The van der Waals surface area contributed by atoms with Gasteiger partial charge in [-0.3, -0.25) is 14.8 Å². The number of fused-ring (bicyclic) bond motifs is 2. The molecule has 0 aliphatic carbocycles. The summed E-state index contributed by atoms with van der Waals surface area (Å²) in [5, 5.41) is 16.2. The Morgan fingerprint density at radius 3 is 1.53 bits per heavy atom. The molecule has 0 saturated carbocycles. The maximum absolute atomic E-state index is 12.6. The largest absolute Gasteiger partial charge is 0.477 e. The number of nitrogens with one attached hydrogen (secondary N) is 3. The molecule has 2 aromatic carbocycles. The zero-order chi connectivity index (χ0) is 46.1.